The fourth-order valence-corrected chi connectivity index (χ4v) is 4.85. The maximum absolute atomic E-state index is 12.8. The third-order valence-electron chi connectivity index (χ3n) is 6.80. The number of piperidine rings is 1. The van der Waals surface area contributed by atoms with Crippen molar-refractivity contribution in [2.45, 2.75) is 38.1 Å². The number of hydrogen-bond donors (Lipinski definition) is 2. The van der Waals surface area contributed by atoms with Crippen molar-refractivity contribution in [3.8, 4) is 0 Å². The Morgan fingerprint density at radius 1 is 1.11 bits per heavy atom. The molecule has 0 aliphatic carbocycles. The summed E-state index contributed by atoms with van der Waals surface area (Å²) in [6.07, 6.45) is 5.65. The zero-order valence-corrected chi connectivity index (χ0v) is 19.7. The zero-order chi connectivity index (χ0) is 24.2. The normalized spacial score (nSPS) is 15.3. The van der Waals surface area contributed by atoms with Gasteiger partial charge in [0.2, 0.25) is 0 Å². The van der Waals surface area contributed by atoms with Crippen LogP contribution >= 0.6 is 0 Å². The number of rotatable bonds is 7. The number of aromatic nitrogens is 5. The standard InChI is InChI=1S/C26H29N7O2/c1-2-18(19-7-4-3-5-8-19)16-28-25(34)21-15-23(30-17-29-21)32-13-10-20(11-14-32)33-22-9-6-12-27-24(22)31-26(33)35/h3-9,12,15,17-18,20H,2,10-11,13-14,16H2,1H3,(H,28,34)(H,27,31,35). The van der Waals surface area contributed by atoms with Crippen LogP contribution in [0.1, 0.15) is 54.2 Å². The quantitative estimate of drug-likeness (QED) is 0.428. The lowest BCUT2D eigenvalue weighted by molar-refractivity contribution is 0.0945. The summed E-state index contributed by atoms with van der Waals surface area (Å²) in [5, 5.41) is 3.03. The van der Waals surface area contributed by atoms with Crippen molar-refractivity contribution in [3.63, 3.8) is 0 Å². The van der Waals surface area contributed by atoms with E-state index < -0.39 is 0 Å². The molecule has 180 valence electrons. The second-order valence-electron chi connectivity index (χ2n) is 8.88. The molecule has 0 radical (unpaired) electrons. The van der Waals surface area contributed by atoms with Crippen LogP contribution in [-0.4, -0.2) is 50.0 Å². The van der Waals surface area contributed by atoms with Crippen LogP contribution in [0.5, 0.6) is 0 Å². The molecule has 3 aromatic heterocycles. The number of aromatic amines is 1. The summed E-state index contributed by atoms with van der Waals surface area (Å²) in [7, 11) is 0. The van der Waals surface area contributed by atoms with Crippen LogP contribution in [0.3, 0.4) is 0 Å². The minimum absolute atomic E-state index is 0.0882. The van der Waals surface area contributed by atoms with E-state index >= 15 is 0 Å². The van der Waals surface area contributed by atoms with E-state index in [9.17, 15) is 9.59 Å². The van der Waals surface area contributed by atoms with Crippen LogP contribution in [0.25, 0.3) is 11.2 Å². The van der Waals surface area contributed by atoms with E-state index in [1.54, 1.807) is 12.3 Å². The molecule has 1 aliphatic heterocycles. The molecule has 1 saturated heterocycles. The molecule has 1 fully saturated rings. The largest absolute Gasteiger partial charge is 0.356 e. The summed E-state index contributed by atoms with van der Waals surface area (Å²) in [6, 6.07) is 15.8. The predicted molar refractivity (Wildman–Crippen MR) is 135 cm³/mol. The van der Waals surface area contributed by atoms with Crippen LogP contribution in [0.4, 0.5) is 5.82 Å². The van der Waals surface area contributed by atoms with Gasteiger partial charge in [0.1, 0.15) is 17.8 Å². The molecule has 0 spiro atoms. The van der Waals surface area contributed by atoms with Gasteiger partial charge in [-0.05, 0) is 37.0 Å². The van der Waals surface area contributed by atoms with E-state index in [-0.39, 0.29) is 23.6 Å². The Morgan fingerprint density at radius 3 is 2.69 bits per heavy atom. The van der Waals surface area contributed by atoms with Gasteiger partial charge < -0.3 is 10.2 Å². The minimum Gasteiger partial charge on any atom is -0.356 e. The third-order valence-corrected chi connectivity index (χ3v) is 6.80. The van der Waals surface area contributed by atoms with Gasteiger partial charge in [-0.3, -0.25) is 14.3 Å². The fourth-order valence-electron chi connectivity index (χ4n) is 4.85. The maximum atomic E-state index is 12.8. The minimum atomic E-state index is -0.198. The predicted octanol–water partition coefficient (Wildman–Crippen LogP) is 3.28. The molecule has 5 rings (SSSR count). The van der Waals surface area contributed by atoms with E-state index in [1.165, 1.54) is 11.9 Å². The monoisotopic (exact) mass is 471 g/mol. The highest BCUT2D eigenvalue weighted by molar-refractivity contribution is 5.92. The molecule has 0 saturated carbocycles. The van der Waals surface area contributed by atoms with Crippen LogP contribution in [0, 0.1) is 0 Å². The average molecular weight is 472 g/mol. The summed E-state index contributed by atoms with van der Waals surface area (Å²) < 4.78 is 1.81. The van der Waals surface area contributed by atoms with Gasteiger partial charge in [0.15, 0.2) is 5.65 Å². The number of nitrogens with zero attached hydrogens (tertiary/aromatic N) is 5. The van der Waals surface area contributed by atoms with Gasteiger partial charge >= 0.3 is 5.69 Å². The Balaban J connectivity index is 1.23. The number of fused-ring (bicyclic) bond motifs is 1. The number of nitrogens with one attached hydrogen (secondary N) is 2. The van der Waals surface area contributed by atoms with Gasteiger partial charge in [0, 0.05) is 43.9 Å². The second-order valence-corrected chi connectivity index (χ2v) is 8.88. The number of imidazole rings is 1. The number of benzene rings is 1. The first-order chi connectivity index (χ1) is 17.1. The first kappa shape index (κ1) is 22.8. The number of amides is 1. The molecule has 2 N–H and O–H groups in total. The number of carbonyl (C=O) groups is 1. The van der Waals surface area contributed by atoms with Crippen molar-refractivity contribution in [2.75, 3.05) is 24.5 Å². The van der Waals surface area contributed by atoms with Crippen molar-refractivity contribution < 1.29 is 4.79 Å². The highest BCUT2D eigenvalue weighted by Gasteiger charge is 2.25. The molecule has 0 bridgehead atoms. The first-order valence-corrected chi connectivity index (χ1v) is 12.1. The van der Waals surface area contributed by atoms with Crippen molar-refractivity contribution >= 4 is 22.9 Å². The van der Waals surface area contributed by atoms with E-state index in [1.807, 2.05) is 34.9 Å². The second kappa shape index (κ2) is 10.1. The Labute approximate surface area is 203 Å². The summed E-state index contributed by atoms with van der Waals surface area (Å²) in [6.45, 7) is 4.14. The van der Waals surface area contributed by atoms with Crippen LogP contribution in [0.15, 0.2) is 65.8 Å². The van der Waals surface area contributed by atoms with Gasteiger partial charge in [-0.25, -0.2) is 19.7 Å². The molecule has 4 heterocycles. The van der Waals surface area contributed by atoms with Crippen LogP contribution < -0.4 is 15.9 Å². The molecule has 1 aliphatic rings. The Kier molecular flexibility index (Phi) is 6.56. The van der Waals surface area contributed by atoms with E-state index in [4.69, 9.17) is 0 Å². The maximum Gasteiger partial charge on any atom is 0.327 e. The summed E-state index contributed by atoms with van der Waals surface area (Å²) >= 11 is 0. The Bertz CT molecular complexity index is 1360. The average Bonchev–Trinajstić information content (AvgIpc) is 3.25. The molecule has 1 aromatic carbocycles. The molecule has 35 heavy (non-hydrogen) atoms. The smallest absolute Gasteiger partial charge is 0.327 e. The lowest BCUT2D eigenvalue weighted by atomic mass is 9.96. The summed E-state index contributed by atoms with van der Waals surface area (Å²) in [5.74, 6) is 0.783. The van der Waals surface area contributed by atoms with Crippen molar-refractivity contribution in [1.82, 2.24) is 29.8 Å². The van der Waals surface area contributed by atoms with Crippen molar-refractivity contribution in [3.05, 3.63) is 82.8 Å². The number of pyridine rings is 1. The molecule has 9 nitrogen and oxygen atoms in total. The number of anilines is 1. The molecule has 1 unspecified atom stereocenters. The van der Waals surface area contributed by atoms with Crippen LogP contribution in [-0.2, 0) is 0 Å². The first-order valence-electron chi connectivity index (χ1n) is 12.1. The van der Waals surface area contributed by atoms with Gasteiger partial charge in [-0.15, -0.1) is 0 Å². The van der Waals surface area contributed by atoms with E-state index in [0.717, 1.165) is 43.7 Å². The highest BCUT2D eigenvalue weighted by atomic mass is 16.2. The SMILES string of the molecule is CCC(CNC(=O)c1cc(N2CCC(n3c(=O)[nH]c4ncccc43)CC2)ncn1)c1ccccc1. The third kappa shape index (κ3) is 4.80. The lowest BCUT2D eigenvalue weighted by Gasteiger charge is -2.33. The van der Waals surface area contributed by atoms with Crippen molar-refractivity contribution in [2.24, 2.45) is 0 Å². The molecule has 1 amide bonds. The Morgan fingerprint density at radius 2 is 1.91 bits per heavy atom. The van der Waals surface area contributed by atoms with Crippen LogP contribution in [0.2, 0.25) is 0 Å². The topological polar surface area (TPSA) is 109 Å². The van der Waals surface area contributed by atoms with Crippen molar-refractivity contribution in [1.29, 1.82) is 0 Å². The molecule has 9 heteroatoms. The molecular formula is C26H29N7O2. The number of carbonyl (C=O) groups excluding carboxylic acids is 1. The van der Waals surface area contributed by atoms with E-state index in [0.29, 0.717) is 17.9 Å². The highest BCUT2D eigenvalue weighted by Crippen LogP contribution is 2.27. The Hall–Kier alpha value is -4.01. The van der Waals surface area contributed by atoms with Gasteiger partial charge in [-0.1, -0.05) is 37.3 Å². The van der Waals surface area contributed by atoms with Gasteiger partial charge in [0.25, 0.3) is 5.91 Å². The van der Waals surface area contributed by atoms with Gasteiger partial charge in [-0.2, -0.15) is 0 Å². The zero-order valence-electron chi connectivity index (χ0n) is 19.7. The van der Waals surface area contributed by atoms with E-state index in [2.05, 4.69) is 49.2 Å². The molecule has 1 atom stereocenters. The number of hydrogen-bond acceptors (Lipinski definition) is 6. The summed E-state index contributed by atoms with van der Waals surface area (Å²) in [5.41, 5.74) is 2.89. The molecule has 4 aromatic rings. The number of H-pyrrole nitrogens is 1. The van der Waals surface area contributed by atoms with Gasteiger partial charge in [0.05, 0.1) is 5.52 Å². The fraction of sp³-hybridized carbons (Fsp3) is 0.346. The lowest BCUT2D eigenvalue weighted by Crippen LogP contribution is -2.37. The summed E-state index contributed by atoms with van der Waals surface area (Å²) in [4.78, 5) is 43.2. The molecular weight excluding hydrogens is 442 g/mol.